The standard InChI is InChI=1S/C21H18Cl2N2O3S/c1-27-20-7-4-14(9-16(20)12-29-13-17-3-2-8-28-17)11-24-25-21(26)15-5-6-18(22)19(23)10-15/h2-11H,12-13H2,1H3,(H,25,26)/b24-11-. The molecular formula is C21H18Cl2N2O3S. The fourth-order valence-electron chi connectivity index (χ4n) is 2.52. The number of nitrogens with zero attached hydrogens (tertiary/aromatic N) is 1. The van der Waals surface area contributed by atoms with Gasteiger partial charge in [0.1, 0.15) is 11.5 Å². The summed E-state index contributed by atoms with van der Waals surface area (Å²) in [6.45, 7) is 0. The number of hydrogen-bond donors (Lipinski definition) is 1. The number of amides is 1. The van der Waals surface area contributed by atoms with Gasteiger partial charge in [0.05, 0.1) is 35.4 Å². The smallest absolute Gasteiger partial charge is 0.271 e. The number of carbonyl (C=O) groups excluding carboxylic acids is 1. The Morgan fingerprint density at radius 1 is 1.17 bits per heavy atom. The Labute approximate surface area is 183 Å². The summed E-state index contributed by atoms with van der Waals surface area (Å²) in [5.74, 6) is 2.88. The van der Waals surface area contributed by atoms with Gasteiger partial charge in [-0.2, -0.15) is 5.10 Å². The van der Waals surface area contributed by atoms with E-state index in [2.05, 4.69) is 10.5 Å². The molecule has 1 N–H and O–H groups in total. The van der Waals surface area contributed by atoms with E-state index in [9.17, 15) is 4.79 Å². The van der Waals surface area contributed by atoms with Crippen molar-refractivity contribution in [2.75, 3.05) is 7.11 Å². The number of nitrogens with one attached hydrogen (secondary N) is 1. The molecule has 1 heterocycles. The van der Waals surface area contributed by atoms with Crippen molar-refractivity contribution >= 4 is 47.1 Å². The van der Waals surface area contributed by atoms with Crippen LogP contribution >= 0.6 is 35.0 Å². The number of thioether (sulfide) groups is 1. The van der Waals surface area contributed by atoms with Crippen LogP contribution in [-0.4, -0.2) is 19.2 Å². The van der Waals surface area contributed by atoms with Gasteiger partial charge in [-0.25, -0.2) is 5.43 Å². The van der Waals surface area contributed by atoms with Gasteiger partial charge in [-0.3, -0.25) is 4.79 Å². The number of halogens is 2. The first kappa shape index (κ1) is 21.3. The van der Waals surface area contributed by atoms with Crippen LogP contribution in [0, 0.1) is 0 Å². The molecule has 3 aromatic rings. The summed E-state index contributed by atoms with van der Waals surface area (Å²) in [6.07, 6.45) is 3.25. The lowest BCUT2D eigenvalue weighted by molar-refractivity contribution is 0.0955. The predicted octanol–water partition coefficient (Wildman–Crippen LogP) is 5.79. The zero-order valence-electron chi connectivity index (χ0n) is 15.5. The molecule has 0 spiro atoms. The van der Waals surface area contributed by atoms with E-state index >= 15 is 0 Å². The normalized spacial score (nSPS) is 11.0. The third-order valence-corrected chi connectivity index (χ3v) is 5.69. The minimum atomic E-state index is -0.373. The van der Waals surface area contributed by atoms with E-state index in [1.165, 1.54) is 6.07 Å². The molecular weight excluding hydrogens is 431 g/mol. The van der Waals surface area contributed by atoms with E-state index in [0.717, 1.165) is 34.1 Å². The van der Waals surface area contributed by atoms with Crippen LogP contribution in [0.3, 0.4) is 0 Å². The maximum absolute atomic E-state index is 12.2. The van der Waals surface area contributed by atoms with Crippen LogP contribution in [0.4, 0.5) is 0 Å². The van der Waals surface area contributed by atoms with Crippen LogP contribution in [0.15, 0.2) is 64.3 Å². The minimum absolute atomic E-state index is 0.315. The molecule has 2 aromatic carbocycles. The van der Waals surface area contributed by atoms with Gasteiger partial charge in [0.2, 0.25) is 0 Å². The number of hydrogen-bond acceptors (Lipinski definition) is 5. The van der Waals surface area contributed by atoms with Crippen molar-refractivity contribution < 1.29 is 13.9 Å². The molecule has 150 valence electrons. The average Bonchev–Trinajstić information content (AvgIpc) is 3.23. The van der Waals surface area contributed by atoms with Crippen molar-refractivity contribution in [3.05, 3.63) is 87.3 Å². The Morgan fingerprint density at radius 2 is 2.03 bits per heavy atom. The van der Waals surface area contributed by atoms with Crippen molar-refractivity contribution in [3.63, 3.8) is 0 Å². The summed E-state index contributed by atoms with van der Waals surface area (Å²) in [5, 5.41) is 4.73. The van der Waals surface area contributed by atoms with E-state index in [4.69, 9.17) is 32.4 Å². The SMILES string of the molecule is COc1ccc(/C=N\NC(=O)c2ccc(Cl)c(Cl)c2)cc1CSCc1ccco1. The molecule has 0 atom stereocenters. The number of carbonyl (C=O) groups is 1. The molecule has 5 nitrogen and oxygen atoms in total. The second kappa shape index (κ2) is 10.4. The number of benzene rings is 2. The van der Waals surface area contributed by atoms with E-state index in [-0.39, 0.29) is 5.91 Å². The Bertz CT molecular complexity index is 1010. The Balaban J connectivity index is 1.62. The van der Waals surface area contributed by atoms with E-state index in [0.29, 0.717) is 15.6 Å². The zero-order valence-corrected chi connectivity index (χ0v) is 17.9. The number of rotatable bonds is 8. The van der Waals surface area contributed by atoms with Crippen molar-refractivity contribution in [1.29, 1.82) is 0 Å². The molecule has 0 fully saturated rings. The molecule has 29 heavy (non-hydrogen) atoms. The molecule has 1 aromatic heterocycles. The number of furan rings is 1. The molecule has 1 amide bonds. The Kier molecular flexibility index (Phi) is 7.63. The third-order valence-electron chi connectivity index (χ3n) is 3.95. The summed E-state index contributed by atoms with van der Waals surface area (Å²) < 4.78 is 10.8. The molecule has 8 heteroatoms. The van der Waals surface area contributed by atoms with Crippen LogP contribution in [0.1, 0.15) is 27.2 Å². The van der Waals surface area contributed by atoms with Gasteiger partial charge >= 0.3 is 0 Å². The summed E-state index contributed by atoms with van der Waals surface area (Å²) in [6, 6.07) is 14.2. The first-order valence-electron chi connectivity index (χ1n) is 8.62. The lowest BCUT2D eigenvalue weighted by atomic mass is 10.1. The van der Waals surface area contributed by atoms with Gasteiger partial charge in [-0.1, -0.05) is 23.2 Å². The van der Waals surface area contributed by atoms with E-state index in [1.807, 2.05) is 30.3 Å². The molecule has 0 radical (unpaired) electrons. The number of methoxy groups -OCH3 is 1. The molecule has 0 saturated heterocycles. The minimum Gasteiger partial charge on any atom is -0.496 e. The molecule has 0 aliphatic heterocycles. The number of ether oxygens (including phenoxy) is 1. The highest BCUT2D eigenvalue weighted by Gasteiger charge is 2.08. The van der Waals surface area contributed by atoms with Gasteiger partial charge in [0.15, 0.2) is 0 Å². The highest BCUT2D eigenvalue weighted by molar-refractivity contribution is 7.97. The molecule has 0 aliphatic rings. The molecule has 0 aliphatic carbocycles. The largest absolute Gasteiger partial charge is 0.496 e. The van der Waals surface area contributed by atoms with Crippen LogP contribution < -0.4 is 10.2 Å². The van der Waals surface area contributed by atoms with Gasteiger partial charge in [0.25, 0.3) is 5.91 Å². The molecule has 0 bridgehead atoms. The van der Waals surface area contributed by atoms with Crippen molar-refractivity contribution in [2.24, 2.45) is 5.10 Å². The lowest BCUT2D eigenvalue weighted by Gasteiger charge is -2.09. The monoisotopic (exact) mass is 448 g/mol. The number of hydrazone groups is 1. The highest BCUT2D eigenvalue weighted by atomic mass is 35.5. The first-order valence-corrected chi connectivity index (χ1v) is 10.5. The van der Waals surface area contributed by atoms with Crippen LogP contribution in [-0.2, 0) is 11.5 Å². The quantitative estimate of drug-likeness (QED) is 0.349. The van der Waals surface area contributed by atoms with E-state index < -0.39 is 0 Å². The van der Waals surface area contributed by atoms with Gasteiger partial charge in [0, 0.05) is 16.9 Å². The van der Waals surface area contributed by atoms with Gasteiger partial charge in [-0.15, -0.1) is 11.8 Å². The zero-order chi connectivity index (χ0) is 20.6. The second-order valence-corrected chi connectivity index (χ2v) is 7.77. The van der Waals surface area contributed by atoms with Crippen molar-refractivity contribution in [3.8, 4) is 5.75 Å². The fourth-order valence-corrected chi connectivity index (χ4v) is 3.73. The predicted molar refractivity (Wildman–Crippen MR) is 118 cm³/mol. The molecule has 3 rings (SSSR count). The summed E-state index contributed by atoms with van der Waals surface area (Å²) in [7, 11) is 1.64. The lowest BCUT2D eigenvalue weighted by Crippen LogP contribution is -2.17. The topological polar surface area (TPSA) is 63.8 Å². The summed E-state index contributed by atoms with van der Waals surface area (Å²) in [5.41, 5.74) is 4.73. The van der Waals surface area contributed by atoms with Crippen LogP contribution in [0.25, 0.3) is 0 Å². The van der Waals surface area contributed by atoms with Gasteiger partial charge < -0.3 is 9.15 Å². The Hall–Kier alpha value is -2.41. The maximum atomic E-state index is 12.2. The average molecular weight is 449 g/mol. The maximum Gasteiger partial charge on any atom is 0.271 e. The van der Waals surface area contributed by atoms with Crippen LogP contribution in [0.2, 0.25) is 10.0 Å². The first-order chi connectivity index (χ1) is 14.1. The Morgan fingerprint density at radius 3 is 2.76 bits per heavy atom. The third kappa shape index (κ3) is 6.03. The second-order valence-electron chi connectivity index (χ2n) is 5.97. The van der Waals surface area contributed by atoms with E-state index in [1.54, 1.807) is 43.5 Å². The van der Waals surface area contributed by atoms with Crippen molar-refractivity contribution in [2.45, 2.75) is 11.5 Å². The molecule has 0 saturated carbocycles. The van der Waals surface area contributed by atoms with Crippen molar-refractivity contribution in [1.82, 2.24) is 5.43 Å². The fraction of sp³-hybridized carbons (Fsp3) is 0.143. The van der Waals surface area contributed by atoms with Gasteiger partial charge in [-0.05, 0) is 54.1 Å². The summed E-state index contributed by atoms with van der Waals surface area (Å²) >= 11 is 13.5. The highest BCUT2D eigenvalue weighted by Crippen LogP contribution is 2.26. The molecule has 0 unspecified atom stereocenters. The summed E-state index contributed by atoms with van der Waals surface area (Å²) in [4.78, 5) is 12.2. The van der Waals surface area contributed by atoms with Crippen LogP contribution in [0.5, 0.6) is 5.75 Å².